The number of fused-ring (bicyclic) bond motifs is 1. The van der Waals surface area contributed by atoms with Crippen molar-refractivity contribution in [2.75, 3.05) is 26.2 Å². The molecule has 24 heavy (non-hydrogen) atoms. The predicted molar refractivity (Wildman–Crippen MR) is 91.4 cm³/mol. The van der Waals surface area contributed by atoms with Crippen LogP contribution in [0.2, 0.25) is 0 Å². The summed E-state index contributed by atoms with van der Waals surface area (Å²) in [6, 6.07) is 8.71. The monoisotopic (exact) mass is 327 g/mol. The van der Waals surface area contributed by atoms with Crippen LogP contribution >= 0.6 is 0 Å². The van der Waals surface area contributed by atoms with Gasteiger partial charge in [-0.2, -0.15) is 0 Å². The Morgan fingerprint density at radius 1 is 1.08 bits per heavy atom. The van der Waals surface area contributed by atoms with Crippen LogP contribution in [0.3, 0.4) is 0 Å². The molecular formula is C19H25N3O2. The predicted octanol–water partition coefficient (Wildman–Crippen LogP) is 2.54. The molecule has 0 saturated carbocycles. The number of rotatable bonds is 4. The third-order valence-electron chi connectivity index (χ3n) is 5.15. The van der Waals surface area contributed by atoms with Crippen LogP contribution in [0.4, 0.5) is 0 Å². The molecule has 2 aromatic heterocycles. The molecule has 0 bridgehead atoms. The minimum absolute atomic E-state index is 0.344. The summed E-state index contributed by atoms with van der Waals surface area (Å²) in [5.41, 5.74) is 1.29. The standard InChI is InChI=1S/C19H25N3O2/c1-3-16(13-20-7-1)14-22-10-12-24-19-6-9-21(8-5-18(19)22)15-17-4-2-11-23-17/h1-4,7,11,13,18-19H,5-6,8-10,12,14-15H2/t18-,19-/m0/s1. The Balaban J connectivity index is 1.40. The van der Waals surface area contributed by atoms with Crippen molar-refractivity contribution in [2.24, 2.45) is 0 Å². The van der Waals surface area contributed by atoms with Crippen molar-refractivity contribution in [3.05, 3.63) is 54.2 Å². The van der Waals surface area contributed by atoms with Gasteiger partial charge in [0.05, 0.1) is 25.5 Å². The molecule has 128 valence electrons. The van der Waals surface area contributed by atoms with Gasteiger partial charge in [0, 0.05) is 44.6 Å². The number of aromatic nitrogens is 1. The van der Waals surface area contributed by atoms with Crippen LogP contribution in [-0.2, 0) is 17.8 Å². The highest BCUT2D eigenvalue weighted by Crippen LogP contribution is 2.26. The molecule has 0 spiro atoms. The fourth-order valence-corrected chi connectivity index (χ4v) is 3.92. The average molecular weight is 327 g/mol. The van der Waals surface area contributed by atoms with Crippen molar-refractivity contribution in [3.8, 4) is 0 Å². The molecule has 2 aliphatic heterocycles. The van der Waals surface area contributed by atoms with Crippen molar-refractivity contribution in [1.82, 2.24) is 14.8 Å². The fourth-order valence-electron chi connectivity index (χ4n) is 3.92. The second-order valence-electron chi connectivity index (χ2n) is 6.74. The van der Waals surface area contributed by atoms with Crippen LogP contribution in [-0.4, -0.2) is 53.2 Å². The van der Waals surface area contributed by atoms with Gasteiger partial charge in [-0.15, -0.1) is 0 Å². The SMILES string of the molecule is c1cncc(CN2CCO[C@H]3CCN(Cc4ccco4)CC[C@@H]32)c1. The summed E-state index contributed by atoms with van der Waals surface area (Å²) in [7, 11) is 0. The lowest BCUT2D eigenvalue weighted by Gasteiger charge is -2.40. The molecule has 0 aromatic carbocycles. The van der Waals surface area contributed by atoms with Crippen LogP contribution in [0.15, 0.2) is 47.3 Å². The van der Waals surface area contributed by atoms with Gasteiger partial charge in [0.2, 0.25) is 0 Å². The zero-order chi connectivity index (χ0) is 16.2. The number of nitrogens with zero attached hydrogens (tertiary/aromatic N) is 3. The van der Waals surface area contributed by atoms with E-state index >= 15 is 0 Å². The number of pyridine rings is 1. The molecular weight excluding hydrogens is 302 g/mol. The van der Waals surface area contributed by atoms with Gasteiger partial charge in [-0.1, -0.05) is 6.07 Å². The summed E-state index contributed by atoms with van der Waals surface area (Å²) in [5.74, 6) is 1.05. The number of morpholine rings is 1. The van der Waals surface area contributed by atoms with Gasteiger partial charge in [-0.25, -0.2) is 0 Å². The number of furan rings is 1. The average Bonchev–Trinajstić information content (AvgIpc) is 3.03. The van der Waals surface area contributed by atoms with Crippen molar-refractivity contribution in [2.45, 2.75) is 38.1 Å². The maximum atomic E-state index is 6.11. The largest absolute Gasteiger partial charge is 0.468 e. The Morgan fingerprint density at radius 3 is 2.88 bits per heavy atom. The Bertz CT molecular complexity index is 617. The molecule has 2 saturated heterocycles. The van der Waals surface area contributed by atoms with E-state index in [1.54, 1.807) is 6.26 Å². The van der Waals surface area contributed by atoms with E-state index in [-0.39, 0.29) is 0 Å². The summed E-state index contributed by atoms with van der Waals surface area (Å²) < 4.78 is 11.6. The zero-order valence-electron chi connectivity index (χ0n) is 14.0. The van der Waals surface area contributed by atoms with E-state index in [0.717, 1.165) is 57.9 Å². The first-order valence-electron chi connectivity index (χ1n) is 8.88. The maximum Gasteiger partial charge on any atom is 0.117 e. The number of likely N-dealkylation sites (tertiary alicyclic amines) is 1. The second-order valence-corrected chi connectivity index (χ2v) is 6.74. The lowest BCUT2D eigenvalue weighted by molar-refractivity contribution is -0.0747. The third-order valence-corrected chi connectivity index (χ3v) is 5.15. The summed E-state index contributed by atoms with van der Waals surface area (Å²) in [4.78, 5) is 9.32. The normalized spacial score (nSPS) is 26.0. The first-order chi connectivity index (χ1) is 11.9. The highest BCUT2D eigenvalue weighted by molar-refractivity contribution is 5.09. The maximum absolute atomic E-state index is 6.11. The van der Waals surface area contributed by atoms with Gasteiger partial charge in [-0.3, -0.25) is 14.8 Å². The molecule has 0 radical (unpaired) electrons. The Hall–Kier alpha value is -1.69. The van der Waals surface area contributed by atoms with Crippen molar-refractivity contribution < 1.29 is 9.15 Å². The van der Waals surface area contributed by atoms with Crippen LogP contribution < -0.4 is 0 Å². The van der Waals surface area contributed by atoms with E-state index in [9.17, 15) is 0 Å². The summed E-state index contributed by atoms with van der Waals surface area (Å²) in [6.07, 6.45) is 8.15. The quantitative estimate of drug-likeness (QED) is 0.863. The molecule has 2 aromatic rings. The first kappa shape index (κ1) is 15.8. The smallest absolute Gasteiger partial charge is 0.117 e. The van der Waals surface area contributed by atoms with Gasteiger partial charge in [0.25, 0.3) is 0 Å². The van der Waals surface area contributed by atoms with Crippen molar-refractivity contribution in [1.29, 1.82) is 0 Å². The topological polar surface area (TPSA) is 41.7 Å². The number of hydrogen-bond donors (Lipinski definition) is 0. The highest BCUT2D eigenvalue weighted by Gasteiger charge is 2.34. The van der Waals surface area contributed by atoms with Crippen molar-refractivity contribution in [3.63, 3.8) is 0 Å². The van der Waals surface area contributed by atoms with E-state index in [1.807, 2.05) is 24.5 Å². The fraction of sp³-hybridized carbons (Fsp3) is 0.526. The Morgan fingerprint density at radius 2 is 2.04 bits per heavy atom. The summed E-state index contributed by atoms with van der Waals surface area (Å²) in [6.45, 7) is 5.87. The Labute approximate surface area is 143 Å². The molecule has 0 unspecified atom stereocenters. The lowest BCUT2D eigenvalue weighted by Crippen LogP contribution is -2.50. The molecule has 0 aliphatic carbocycles. The number of hydrogen-bond acceptors (Lipinski definition) is 5. The second kappa shape index (κ2) is 7.47. The van der Waals surface area contributed by atoms with Crippen LogP contribution in [0.25, 0.3) is 0 Å². The van der Waals surface area contributed by atoms with E-state index in [1.165, 1.54) is 5.56 Å². The summed E-state index contributed by atoms with van der Waals surface area (Å²) >= 11 is 0. The van der Waals surface area contributed by atoms with Crippen LogP contribution in [0, 0.1) is 0 Å². The minimum atomic E-state index is 0.344. The minimum Gasteiger partial charge on any atom is -0.468 e. The van der Waals surface area contributed by atoms with E-state index < -0.39 is 0 Å². The molecule has 5 nitrogen and oxygen atoms in total. The molecule has 0 amide bonds. The molecule has 0 N–H and O–H groups in total. The first-order valence-corrected chi connectivity index (χ1v) is 8.88. The van der Waals surface area contributed by atoms with Gasteiger partial charge in [-0.05, 0) is 36.6 Å². The van der Waals surface area contributed by atoms with E-state index in [4.69, 9.17) is 9.15 Å². The third kappa shape index (κ3) is 3.69. The van der Waals surface area contributed by atoms with Gasteiger partial charge >= 0.3 is 0 Å². The zero-order valence-corrected chi connectivity index (χ0v) is 14.0. The number of ether oxygens (including phenoxy) is 1. The Kier molecular flexibility index (Phi) is 4.92. The van der Waals surface area contributed by atoms with Crippen molar-refractivity contribution >= 4 is 0 Å². The molecule has 2 aliphatic rings. The van der Waals surface area contributed by atoms with Gasteiger partial charge in [0.1, 0.15) is 5.76 Å². The molecule has 5 heteroatoms. The van der Waals surface area contributed by atoms with E-state index in [2.05, 4.69) is 26.9 Å². The van der Waals surface area contributed by atoms with Gasteiger partial charge in [0.15, 0.2) is 0 Å². The van der Waals surface area contributed by atoms with Crippen LogP contribution in [0.1, 0.15) is 24.2 Å². The van der Waals surface area contributed by atoms with Gasteiger partial charge < -0.3 is 9.15 Å². The molecule has 2 atom stereocenters. The molecule has 2 fully saturated rings. The highest BCUT2D eigenvalue weighted by atomic mass is 16.5. The summed E-state index contributed by atoms with van der Waals surface area (Å²) in [5, 5.41) is 0. The van der Waals surface area contributed by atoms with Crippen LogP contribution in [0.5, 0.6) is 0 Å². The lowest BCUT2D eigenvalue weighted by atomic mass is 10.0. The van der Waals surface area contributed by atoms with E-state index in [0.29, 0.717) is 12.1 Å². The molecule has 4 heterocycles. The molecule has 4 rings (SSSR count).